The summed E-state index contributed by atoms with van der Waals surface area (Å²) in [5.74, 6) is 0. The largest absolute Gasteiger partial charge is 0.285 e. The van der Waals surface area contributed by atoms with Crippen LogP contribution in [0.1, 0.15) is 12.5 Å². The van der Waals surface area contributed by atoms with Crippen molar-refractivity contribution in [3.8, 4) is 0 Å². The molecule has 1 aliphatic rings. The predicted molar refractivity (Wildman–Crippen MR) is 46.3 cm³/mol. The van der Waals surface area contributed by atoms with Gasteiger partial charge in [0.05, 0.1) is 6.04 Å². The van der Waals surface area contributed by atoms with E-state index in [1.165, 1.54) is 6.07 Å². The summed E-state index contributed by atoms with van der Waals surface area (Å²) < 4.78 is 1.78. The lowest BCUT2D eigenvalue weighted by Gasteiger charge is -2.12. The fraction of sp³-hybridized carbons (Fsp3) is 0.250. The number of aliphatic imine (C=N–C) groups is 1. The Morgan fingerprint density at radius 1 is 1.67 bits per heavy atom. The maximum absolute atomic E-state index is 10.8. The molecule has 12 heavy (non-hydrogen) atoms. The second-order valence-electron chi connectivity index (χ2n) is 2.68. The van der Waals surface area contributed by atoms with Crippen LogP contribution in [0.15, 0.2) is 34.3 Å². The monoisotopic (exact) mass is 163 g/mol. The summed E-state index contributed by atoms with van der Waals surface area (Å²) in [5, 5.41) is 2.69. The lowest BCUT2D eigenvalue weighted by atomic mass is 10.2. The first-order valence-corrected chi connectivity index (χ1v) is 3.82. The Bertz CT molecular complexity index is 372. The summed E-state index contributed by atoms with van der Waals surface area (Å²) in [6, 6.07) is 1.73. The van der Waals surface area contributed by atoms with E-state index in [1.807, 2.05) is 12.3 Å². The Morgan fingerprint density at radius 2 is 2.58 bits per heavy atom. The molecule has 1 aromatic heterocycles. The zero-order valence-electron chi connectivity index (χ0n) is 6.47. The van der Waals surface area contributed by atoms with E-state index in [4.69, 9.17) is 0 Å². The van der Waals surface area contributed by atoms with Gasteiger partial charge in [-0.2, -0.15) is 0 Å². The average Bonchev–Trinajstić information content (AvgIpc) is 2.54. The third-order valence-electron chi connectivity index (χ3n) is 1.83. The Kier molecular flexibility index (Phi) is 1.66. The summed E-state index contributed by atoms with van der Waals surface area (Å²) >= 11 is 0. The van der Waals surface area contributed by atoms with Crippen molar-refractivity contribution in [1.82, 2.24) is 9.78 Å². The topological polar surface area (TPSA) is 50.1 Å². The van der Waals surface area contributed by atoms with Crippen LogP contribution in [0.4, 0.5) is 0 Å². The van der Waals surface area contributed by atoms with Crippen LogP contribution < -0.4 is 5.56 Å². The molecule has 0 aliphatic carbocycles. The third-order valence-corrected chi connectivity index (χ3v) is 1.83. The molecule has 0 radical (unpaired) electrons. The van der Waals surface area contributed by atoms with Gasteiger partial charge in [0.1, 0.15) is 0 Å². The maximum atomic E-state index is 10.8. The van der Waals surface area contributed by atoms with E-state index < -0.39 is 0 Å². The second kappa shape index (κ2) is 2.81. The van der Waals surface area contributed by atoms with E-state index in [2.05, 4.69) is 10.1 Å². The molecule has 62 valence electrons. The molecule has 1 atom stereocenters. The van der Waals surface area contributed by atoms with E-state index in [9.17, 15) is 4.79 Å². The molecule has 1 aromatic rings. The van der Waals surface area contributed by atoms with Crippen LogP contribution in [-0.4, -0.2) is 16.0 Å². The van der Waals surface area contributed by atoms with Gasteiger partial charge in [-0.05, 0) is 6.08 Å². The highest BCUT2D eigenvalue weighted by molar-refractivity contribution is 5.60. The molecule has 0 saturated heterocycles. The van der Waals surface area contributed by atoms with Gasteiger partial charge < -0.3 is 0 Å². The summed E-state index contributed by atoms with van der Waals surface area (Å²) in [6.07, 6.45) is 8.11. The number of nitrogens with zero attached hydrogens (tertiary/aromatic N) is 2. The number of aromatic nitrogens is 2. The van der Waals surface area contributed by atoms with Crippen molar-refractivity contribution < 1.29 is 0 Å². The molecular formula is C8H9N3O. The van der Waals surface area contributed by atoms with Gasteiger partial charge in [0.25, 0.3) is 5.56 Å². The Hall–Kier alpha value is -1.58. The van der Waals surface area contributed by atoms with Crippen molar-refractivity contribution in [3.05, 3.63) is 34.9 Å². The average molecular weight is 163 g/mol. The zero-order chi connectivity index (χ0) is 8.39. The fourth-order valence-corrected chi connectivity index (χ4v) is 1.21. The minimum absolute atomic E-state index is 0.0640. The van der Waals surface area contributed by atoms with Crippen molar-refractivity contribution in [3.63, 3.8) is 0 Å². The van der Waals surface area contributed by atoms with Crippen LogP contribution in [0, 0.1) is 0 Å². The molecular weight excluding hydrogens is 154 g/mol. The van der Waals surface area contributed by atoms with Gasteiger partial charge in [0.2, 0.25) is 0 Å². The summed E-state index contributed by atoms with van der Waals surface area (Å²) in [4.78, 5) is 14.7. The van der Waals surface area contributed by atoms with Gasteiger partial charge >= 0.3 is 0 Å². The van der Waals surface area contributed by atoms with Gasteiger partial charge in [0.15, 0.2) is 0 Å². The molecule has 1 N–H and O–H groups in total. The Balaban J connectivity index is 2.26. The van der Waals surface area contributed by atoms with E-state index in [0.29, 0.717) is 0 Å². The van der Waals surface area contributed by atoms with E-state index in [1.54, 1.807) is 17.1 Å². The molecule has 0 amide bonds. The SMILES string of the molecule is O=c1ccn(C2C=CN=CC2)[nH]1. The number of allylic oxidation sites excluding steroid dienone is 1. The molecule has 2 heterocycles. The van der Waals surface area contributed by atoms with E-state index in [0.717, 1.165) is 6.42 Å². The Morgan fingerprint density at radius 3 is 3.17 bits per heavy atom. The van der Waals surface area contributed by atoms with Crippen LogP contribution >= 0.6 is 0 Å². The quantitative estimate of drug-likeness (QED) is 0.651. The number of hydrogen-bond donors (Lipinski definition) is 1. The van der Waals surface area contributed by atoms with Crippen molar-refractivity contribution in [2.75, 3.05) is 0 Å². The van der Waals surface area contributed by atoms with Gasteiger partial charge in [-0.25, -0.2) is 0 Å². The predicted octanol–water partition coefficient (Wildman–Crippen LogP) is 0.706. The molecule has 0 aromatic carbocycles. The highest BCUT2D eigenvalue weighted by Gasteiger charge is 2.07. The minimum Gasteiger partial charge on any atom is -0.285 e. The van der Waals surface area contributed by atoms with Crippen molar-refractivity contribution >= 4 is 6.21 Å². The lowest BCUT2D eigenvalue weighted by molar-refractivity contribution is 0.549. The van der Waals surface area contributed by atoms with Gasteiger partial charge in [-0.1, -0.05) is 0 Å². The molecule has 2 rings (SSSR count). The summed E-state index contributed by atoms with van der Waals surface area (Å²) in [5.41, 5.74) is -0.0640. The van der Waals surface area contributed by atoms with Crippen molar-refractivity contribution in [2.24, 2.45) is 4.99 Å². The zero-order valence-corrected chi connectivity index (χ0v) is 6.47. The number of H-pyrrole nitrogens is 1. The normalized spacial score (nSPS) is 21.5. The molecule has 4 nitrogen and oxygen atoms in total. The van der Waals surface area contributed by atoms with Crippen LogP contribution in [0.3, 0.4) is 0 Å². The molecule has 0 saturated carbocycles. The smallest absolute Gasteiger partial charge is 0.264 e. The molecule has 1 aliphatic heterocycles. The number of nitrogens with one attached hydrogen (secondary N) is 1. The fourth-order valence-electron chi connectivity index (χ4n) is 1.21. The van der Waals surface area contributed by atoms with Gasteiger partial charge in [-0.15, -0.1) is 0 Å². The highest BCUT2D eigenvalue weighted by Crippen LogP contribution is 2.12. The van der Waals surface area contributed by atoms with E-state index >= 15 is 0 Å². The lowest BCUT2D eigenvalue weighted by Crippen LogP contribution is -2.12. The number of rotatable bonds is 1. The highest BCUT2D eigenvalue weighted by atomic mass is 16.1. The maximum Gasteiger partial charge on any atom is 0.264 e. The van der Waals surface area contributed by atoms with Crippen LogP contribution in [0.25, 0.3) is 0 Å². The van der Waals surface area contributed by atoms with Crippen molar-refractivity contribution in [1.29, 1.82) is 0 Å². The molecule has 0 bridgehead atoms. The van der Waals surface area contributed by atoms with E-state index in [-0.39, 0.29) is 11.6 Å². The first kappa shape index (κ1) is 7.09. The summed E-state index contributed by atoms with van der Waals surface area (Å²) in [6.45, 7) is 0. The van der Waals surface area contributed by atoms with Crippen LogP contribution in [0.2, 0.25) is 0 Å². The molecule has 0 spiro atoms. The van der Waals surface area contributed by atoms with Gasteiger partial charge in [-0.3, -0.25) is 19.6 Å². The summed E-state index contributed by atoms with van der Waals surface area (Å²) in [7, 11) is 0. The third kappa shape index (κ3) is 1.23. The Labute approximate surface area is 69.2 Å². The molecule has 0 fully saturated rings. The van der Waals surface area contributed by atoms with Crippen LogP contribution in [-0.2, 0) is 0 Å². The van der Waals surface area contributed by atoms with Gasteiger partial charge in [0, 0.05) is 31.1 Å². The molecule has 4 heteroatoms. The number of aromatic amines is 1. The minimum atomic E-state index is -0.0640. The van der Waals surface area contributed by atoms with Crippen LogP contribution in [0.5, 0.6) is 0 Å². The first-order chi connectivity index (χ1) is 5.86. The second-order valence-corrected chi connectivity index (χ2v) is 2.68. The standard InChI is InChI=1S/C8H9N3O/c12-8-3-6-11(10-8)7-1-4-9-5-2-7/h1,3-7H,2H2,(H,10,12). The molecule has 1 unspecified atom stereocenters. The first-order valence-electron chi connectivity index (χ1n) is 3.82. The number of hydrogen-bond acceptors (Lipinski definition) is 2. The van der Waals surface area contributed by atoms with Crippen molar-refractivity contribution in [2.45, 2.75) is 12.5 Å².